The monoisotopic (exact) mass is 302 g/mol. The van der Waals surface area contributed by atoms with Gasteiger partial charge in [0.1, 0.15) is 5.75 Å². The number of aryl methyl sites for hydroxylation is 1. The Bertz CT molecular complexity index is 574. The minimum atomic E-state index is 0.252. The van der Waals surface area contributed by atoms with Crippen LogP contribution in [0, 0.1) is 6.92 Å². The molecule has 0 aliphatic rings. The van der Waals surface area contributed by atoms with Crippen LogP contribution >= 0.6 is 11.8 Å². The predicted molar refractivity (Wildman–Crippen MR) is 89.1 cm³/mol. The summed E-state index contributed by atoms with van der Waals surface area (Å²) in [4.78, 5) is 5.60. The molecule has 0 amide bonds. The van der Waals surface area contributed by atoms with Gasteiger partial charge in [-0.25, -0.2) is 0 Å². The Labute approximate surface area is 131 Å². The molecule has 2 aromatic rings. The van der Waals surface area contributed by atoms with Crippen molar-refractivity contribution in [1.29, 1.82) is 0 Å². The van der Waals surface area contributed by atoms with Gasteiger partial charge in [0.2, 0.25) is 0 Å². The molecule has 1 atom stereocenters. The van der Waals surface area contributed by atoms with Crippen molar-refractivity contribution in [2.75, 3.05) is 19.4 Å². The van der Waals surface area contributed by atoms with Crippen LogP contribution in [-0.4, -0.2) is 24.4 Å². The molecule has 0 fully saturated rings. The van der Waals surface area contributed by atoms with Crippen molar-refractivity contribution in [1.82, 2.24) is 10.3 Å². The maximum Gasteiger partial charge on any atom is 0.137 e. The van der Waals surface area contributed by atoms with Gasteiger partial charge in [-0.3, -0.25) is 4.98 Å². The lowest BCUT2D eigenvalue weighted by Gasteiger charge is -2.17. The Morgan fingerprint density at radius 3 is 2.81 bits per heavy atom. The van der Waals surface area contributed by atoms with E-state index in [1.54, 1.807) is 6.20 Å². The molecular weight excluding hydrogens is 280 g/mol. The van der Waals surface area contributed by atoms with Crippen LogP contribution in [0.5, 0.6) is 5.75 Å². The van der Waals surface area contributed by atoms with Gasteiger partial charge in [0.05, 0.1) is 12.8 Å². The van der Waals surface area contributed by atoms with Crippen LogP contribution in [0.3, 0.4) is 0 Å². The number of rotatable bonds is 7. The Hall–Kier alpha value is -1.52. The first-order valence-corrected chi connectivity index (χ1v) is 8.16. The SMILES string of the molecule is CCOc1cncc(C(CSc2ccccc2C)NC)c1. The lowest BCUT2D eigenvalue weighted by molar-refractivity contribution is 0.338. The lowest BCUT2D eigenvalue weighted by atomic mass is 10.1. The molecule has 0 saturated heterocycles. The first kappa shape index (κ1) is 15.9. The molecule has 1 heterocycles. The van der Waals surface area contributed by atoms with Crippen LogP contribution in [0.1, 0.15) is 24.1 Å². The van der Waals surface area contributed by atoms with Crippen molar-refractivity contribution < 1.29 is 4.74 Å². The molecule has 112 valence electrons. The van der Waals surface area contributed by atoms with E-state index in [2.05, 4.69) is 47.6 Å². The highest BCUT2D eigenvalue weighted by atomic mass is 32.2. The largest absolute Gasteiger partial charge is 0.492 e. The van der Waals surface area contributed by atoms with Crippen LogP contribution < -0.4 is 10.1 Å². The Balaban J connectivity index is 2.06. The van der Waals surface area contributed by atoms with E-state index in [1.807, 2.05) is 31.9 Å². The average Bonchev–Trinajstić information content (AvgIpc) is 2.50. The van der Waals surface area contributed by atoms with E-state index >= 15 is 0 Å². The summed E-state index contributed by atoms with van der Waals surface area (Å²) in [5.41, 5.74) is 2.48. The van der Waals surface area contributed by atoms with Crippen LogP contribution in [-0.2, 0) is 0 Å². The van der Waals surface area contributed by atoms with Gasteiger partial charge in [-0.15, -0.1) is 11.8 Å². The highest BCUT2D eigenvalue weighted by Gasteiger charge is 2.12. The second-order valence-corrected chi connectivity index (χ2v) is 5.87. The quantitative estimate of drug-likeness (QED) is 0.788. The maximum absolute atomic E-state index is 5.53. The van der Waals surface area contributed by atoms with E-state index in [0.29, 0.717) is 6.61 Å². The van der Waals surface area contributed by atoms with Crippen LogP contribution in [0.4, 0.5) is 0 Å². The van der Waals surface area contributed by atoms with Gasteiger partial charge in [0.25, 0.3) is 0 Å². The summed E-state index contributed by atoms with van der Waals surface area (Å²) in [6.45, 7) is 4.79. The molecule has 3 nitrogen and oxygen atoms in total. The summed E-state index contributed by atoms with van der Waals surface area (Å²) in [6.07, 6.45) is 3.66. The van der Waals surface area contributed by atoms with Gasteiger partial charge in [-0.1, -0.05) is 18.2 Å². The molecule has 1 unspecified atom stereocenters. The van der Waals surface area contributed by atoms with Gasteiger partial charge in [0, 0.05) is 22.9 Å². The normalized spacial score (nSPS) is 12.1. The molecule has 1 aromatic carbocycles. The molecule has 21 heavy (non-hydrogen) atoms. The molecule has 4 heteroatoms. The second-order valence-electron chi connectivity index (χ2n) is 4.80. The average molecular weight is 302 g/mol. The Kier molecular flexibility index (Phi) is 6.08. The standard InChI is InChI=1S/C17H22N2OS/c1-4-20-15-9-14(10-19-11-15)16(18-3)12-21-17-8-6-5-7-13(17)2/h5-11,16,18H,4,12H2,1-3H3. The zero-order chi connectivity index (χ0) is 15.1. The van der Waals surface area contributed by atoms with E-state index in [4.69, 9.17) is 4.74 Å². The third-order valence-electron chi connectivity index (χ3n) is 3.30. The minimum Gasteiger partial charge on any atom is -0.492 e. The summed E-state index contributed by atoms with van der Waals surface area (Å²) >= 11 is 1.86. The van der Waals surface area contributed by atoms with Crippen LogP contribution in [0.25, 0.3) is 0 Å². The smallest absolute Gasteiger partial charge is 0.137 e. The third kappa shape index (κ3) is 4.48. The Morgan fingerprint density at radius 2 is 2.10 bits per heavy atom. The fraction of sp³-hybridized carbons (Fsp3) is 0.353. The number of nitrogens with zero attached hydrogens (tertiary/aromatic N) is 1. The zero-order valence-corrected chi connectivity index (χ0v) is 13.6. The highest BCUT2D eigenvalue weighted by molar-refractivity contribution is 7.99. The summed E-state index contributed by atoms with van der Waals surface area (Å²) in [5, 5.41) is 3.36. The lowest BCUT2D eigenvalue weighted by Crippen LogP contribution is -2.19. The summed E-state index contributed by atoms with van der Waals surface area (Å²) in [7, 11) is 1.98. The molecule has 0 radical (unpaired) electrons. The minimum absolute atomic E-state index is 0.252. The predicted octanol–water partition coefficient (Wildman–Crippen LogP) is 3.84. The van der Waals surface area contributed by atoms with Crippen molar-refractivity contribution in [3.8, 4) is 5.75 Å². The van der Waals surface area contributed by atoms with Crippen molar-refractivity contribution in [2.45, 2.75) is 24.8 Å². The fourth-order valence-electron chi connectivity index (χ4n) is 2.11. The number of thioether (sulfide) groups is 1. The van der Waals surface area contributed by atoms with Gasteiger partial charge >= 0.3 is 0 Å². The number of hydrogen-bond acceptors (Lipinski definition) is 4. The van der Waals surface area contributed by atoms with Crippen LogP contribution in [0.2, 0.25) is 0 Å². The molecule has 0 spiro atoms. The van der Waals surface area contributed by atoms with Crippen molar-refractivity contribution in [3.63, 3.8) is 0 Å². The zero-order valence-electron chi connectivity index (χ0n) is 12.8. The summed E-state index contributed by atoms with van der Waals surface area (Å²) in [5.74, 6) is 1.79. The van der Waals surface area contributed by atoms with Gasteiger partial charge in [-0.2, -0.15) is 0 Å². The molecule has 0 aliphatic carbocycles. The van der Waals surface area contributed by atoms with E-state index in [9.17, 15) is 0 Å². The number of hydrogen-bond donors (Lipinski definition) is 1. The molecule has 0 saturated carbocycles. The van der Waals surface area contributed by atoms with E-state index in [-0.39, 0.29) is 6.04 Å². The summed E-state index contributed by atoms with van der Waals surface area (Å²) in [6, 6.07) is 10.8. The first-order chi connectivity index (χ1) is 10.2. The second kappa shape index (κ2) is 8.05. The third-order valence-corrected chi connectivity index (χ3v) is 4.56. The number of pyridine rings is 1. The van der Waals surface area contributed by atoms with Gasteiger partial charge in [-0.05, 0) is 44.2 Å². The van der Waals surface area contributed by atoms with Crippen molar-refractivity contribution in [3.05, 3.63) is 53.9 Å². The molecule has 0 bridgehead atoms. The van der Waals surface area contributed by atoms with E-state index < -0.39 is 0 Å². The van der Waals surface area contributed by atoms with E-state index in [0.717, 1.165) is 17.1 Å². The van der Waals surface area contributed by atoms with Crippen molar-refractivity contribution in [2.24, 2.45) is 0 Å². The maximum atomic E-state index is 5.53. The fourth-order valence-corrected chi connectivity index (χ4v) is 3.29. The molecule has 1 aromatic heterocycles. The van der Waals surface area contributed by atoms with Crippen molar-refractivity contribution >= 4 is 11.8 Å². The number of ether oxygens (including phenoxy) is 1. The molecular formula is C17H22N2OS. The molecule has 2 rings (SSSR count). The van der Waals surface area contributed by atoms with E-state index in [1.165, 1.54) is 10.5 Å². The first-order valence-electron chi connectivity index (χ1n) is 7.18. The number of nitrogens with one attached hydrogen (secondary N) is 1. The Morgan fingerprint density at radius 1 is 1.29 bits per heavy atom. The van der Waals surface area contributed by atoms with Gasteiger partial charge < -0.3 is 10.1 Å². The highest BCUT2D eigenvalue weighted by Crippen LogP contribution is 2.27. The topological polar surface area (TPSA) is 34.1 Å². The summed E-state index contributed by atoms with van der Waals surface area (Å²) < 4.78 is 5.53. The number of aromatic nitrogens is 1. The molecule has 1 N–H and O–H groups in total. The van der Waals surface area contributed by atoms with Crippen LogP contribution in [0.15, 0.2) is 47.6 Å². The molecule has 0 aliphatic heterocycles. The van der Waals surface area contributed by atoms with Gasteiger partial charge in [0.15, 0.2) is 0 Å². The number of benzene rings is 1.